The second-order valence-corrected chi connectivity index (χ2v) is 3.08. The molecule has 0 aliphatic rings. The molecule has 0 spiro atoms. The topological polar surface area (TPSA) is 61.4 Å². The largest absolute Gasteiger partial charge is 0.391 e. The van der Waals surface area contributed by atoms with Crippen LogP contribution in [-0.4, -0.2) is 30.3 Å². The number of amides is 2. The van der Waals surface area contributed by atoms with E-state index in [1.165, 1.54) is 0 Å². The molecule has 78 valence electrons. The van der Waals surface area contributed by atoms with Crippen molar-refractivity contribution in [3.05, 3.63) is 0 Å². The van der Waals surface area contributed by atoms with Crippen LogP contribution in [0.15, 0.2) is 0 Å². The highest BCUT2D eigenvalue weighted by atomic mass is 16.3. The predicted octanol–water partition coefficient (Wildman–Crippen LogP) is 0.857. The third-order valence-corrected chi connectivity index (χ3v) is 1.66. The van der Waals surface area contributed by atoms with Crippen LogP contribution in [0.2, 0.25) is 0 Å². The summed E-state index contributed by atoms with van der Waals surface area (Å²) >= 11 is 0. The molecule has 0 bridgehead atoms. The molecule has 1 atom stereocenters. The van der Waals surface area contributed by atoms with E-state index in [2.05, 4.69) is 10.6 Å². The van der Waals surface area contributed by atoms with E-state index < -0.39 is 6.10 Å². The number of aliphatic hydroxyl groups excluding tert-OH is 1. The van der Waals surface area contributed by atoms with Crippen LogP contribution < -0.4 is 10.6 Å². The second kappa shape index (κ2) is 7.86. The van der Waals surface area contributed by atoms with Gasteiger partial charge in [-0.2, -0.15) is 0 Å². The van der Waals surface area contributed by atoms with Gasteiger partial charge in [0.1, 0.15) is 0 Å². The van der Waals surface area contributed by atoms with Gasteiger partial charge in [-0.15, -0.1) is 0 Å². The summed E-state index contributed by atoms with van der Waals surface area (Å²) in [5.74, 6) is 0. The van der Waals surface area contributed by atoms with Gasteiger partial charge in [-0.3, -0.25) is 0 Å². The summed E-state index contributed by atoms with van der Waals surface area (Å²) in [6.45, 7) is 5.01. The van der Waals surface area contributed by atoms with Gasteiger partial charge < -0.3 is 15.7 Å². The van der Waals surface area contributed by atoms with Crippen LogP contribution in [0.5, 0.6) is 0 Å². The molecule has 1 unspecified atom stereocenters. The van der Waals surface area contributed by atoms with E-state index in [1.807, 2.05) is 13.8 Å². The lowest BCUT2D eigenvalue weighted by atomic mass is 10.2. The van der Waals surface area contributed by atoms with Crippen molar-refractivity contribution >= 4 is 6.03 Å². The lowest BCUT2D eigenvalue weighted by Crippen LogP contribution is -2.39. The Bertz CT molecular complexity index is 140. The van der Waals surface area contributed by atoms with Crippen LogP contribution in [0, 0.1) is 0 Å². The number of rotatable bonds is 6. The smallest absolute Gasteiger partial charge is 0.314 e. The summed E-state index contributed by atoms with van der Waals surface area (Å²) in [7, 11) is 0. The van der Waals surface area contributed by atoms with E-state index in [-0.39, 0.29) is 6.03 Å². The maximum absolute atomic E-state index is 11.0. The molecule has 0 aromatic heterocycles. The van der Waals surface area contributed by atoms with E-state index in [1.54, 1.807) is 0 Å². The summed E-state index contributed by atoms with van der Waals surface area (Å²) in [5, 5.41) is 14.6. The molecule has 0 heterocycles. The summed E-state index contributed by atoms with van der Waals surface area (Å²) in [4.78, 5) is 11.0. The maximum Gasteiger partial charge on any atom is 0.314 e. The van der Waals surface area contributed by atoms with Crippen LogP contribution in [0.4, 0.5) is 4.79 Å². The van der Waals surface area contributed by atoms with Gasteiger partial charge in [0, 0.05) is 13.1 Å². The van der Waals surface area contributed by atoms with Gasteiger partial charge in [-0.05, 0) is 12.8 Å². The van der Waals surface area contributed by atoms with Gasteiger partial charge in [-0.25, -0.2) is 4.79 Å². The molecule has 13 heavy (non-hydrogen) atoms. The molecule has 0 saturated carbocycles. The first-order valence-corrected chi connectivity index (χ1v) is 4.90. The average Bonchev–Trinajstić information content (AvgIpc) is 2.12. The Balaban J connectivity index is 3.34. The fourth-order valence-electron chi connectivity index (χ4n) is 0.947. The van der Waals surface area contributed by atoms with Crippen molar-refractivity contribution < 1.29 is 9.90 Å². The predicted molar refractivity (Wildman–Crippen MR) is 52.6 cm³/mol. The molecular formula is C9H20N2O2. The summed E-state index contributed by atoms with van der Waals surface area (Å²) < 4.78 is 0. The molecule has 0 fully saturated rings. The van der Waals surface area contributed by atoms with Crippen LogP contribution in [0.25, 0.3) is 0 Å². The first-order chi connectivity index (χ1) is 6.20. The Labute approximate surface area is 79.7 Å². The average molecular weight is 188 g/mol. The molecule has 0 rings (SSSR count). The minimum atomic E-state index is -0.419. The molecule has 2 amide bonds. The lowest BCUT2D eigenvalue weighted by molar-refractivity contribution is 0.160. The first-order valence-electron chi connectivity index (χ1n) is 4.90. The highest BCUT2D eigenvalue weighted by Gasteiger charge is 2.04. The molecule has 0 aliphatic heterocycles. The SMILES string of the molecule is CCCNC(=O)NCC(O)CCC. The van der Waals surface area contributed by atoms with Gasteiger partial charge in [0.15, 0.2) is 0 Å². The van der Waals surface area contributed by atoms with Crippen molar-refractivity contribution in [3.63, 3.8) is 0 Å². The highest BCUT2D eigenvalue weighted by molar-refractivity contribution is 5.73. The zero-order valence-electron chi connectivity index (χ0n) is 8.47. The number of hydrogen-bond donors (Lipinski definition) is 3. The summed E-state index contributed by atoms with van der Waals surface area (Å²) in [5.41, 5.74) is 0. The zero-order valence-corrected chi connectivity index (χ0v) is 8.47. The molecule has 0 aliphatic carbocycles. The molecular weight excluding hydrogens is 168 g/mol. The van der Waals surface area contributed by atoms with E-state index in [4.69, 9.17) is 0 Å². The third-order valence-electron chi connectivity index (χ3n) is 1.66. The van der Waals surface area contributed by atoms with Gasteiger partial charge in [0.25, 0.3) is 0 Å². The number of urea groups is 1. The van der Waals surface area contributed by atoms with Crippen molar-refractivity contribution in [2.75, 3.05) is 13.1 Å². The number of carbonyl (C=O) groups is 1. The number of aliphatic hydroxyl groups is 1. The van der Waals surface area contributed by atoms with Crippen molar-refractivity contribution in [2.24, 2.45) is 0 Å². The van der Waals surface area contributed by atoms with Crippen molar-refractivity contribution in [3.8, 4) is 0 Å². The molecule has 0 radical (unpaired) electrons. The van der Waals surface area contributed by atoms with Crippen molar-refractivity contribution in [2.45, 2.75) is 39.2 Å². The van der Waals surface area contributed by atoms with Crippen molar-refractivity contribution in [1.29, 1.82) is 0 Å². The van der Waals surface area contributed by atoms with Crippen LogP contribution in [0.1, 0.15) is 33.1 Å². The summed E-state index contributed by atoms with van der Waals surface area (Å²) in [6.07, 6.45) is 2.16. The standard InChI is InChI=1S/C9H20N2O2/c1-3-5-8(12)7-11-9(13)10-6-4-2/h8,12H,3-7H2,1-2H3,(H2,10,11,13). The summed E-state index contributed by atoms with van der Waals surface area (Å²) in [6, 6.07) is -0.197. The quantitative estimate of drug-likeness (QED) is 0.579. The van der Waals surface area contributed by atoms with Gasteiger partial charge in [-0.1, -0.05) is 20.3 Å². The number of hydrogen-bond acceptors (Lipinski definition) is 2. The van der Waals surface area contributed by atoms with E-state index in [9.17, 15) is 9.90 Å². The monoisotopic (exact) mass is 188 g/mol. The fraction of sp³-hybridized carbons (Fsp3) is 0.889. The number of carbonyl (C=O) groups excluding carboxylic acids is 1. The van der Waals surface area contributed by atoms with Crippen LogP contribution in [-0.2, 0) is 0 Å². The first kappa shape index (κ1) is 12.2. The Morgan fingerprint density at radius 1 is 1.31 bits per heavy atom. The lowest BCUT2D eigenvalue weighted by Gasteiger charge is -2.10. The molecule has 3 N–H and O–H groups in total. The molecule has 4 heteroatoms. The Kier molecular flexibility index (Phi) is 7.39. The van der Waals surface area contributed by atoms with Crippen LogP contribution >= 0.6 is 0 Å². The molecule has 0 saturated heterocycles. The van der Waals surface area contributed by atoms with Gasteiger partial charge >= 0.3 is 6.03 Å². The van der Waals surface area contributed by atoms with E-state index in [0.717, 1.165) is 19.3 Å². The Morgan fingerprint density at radius 2 is 2.00 bits per heavy atom. The molecule has 0 aromatic rings. The normalized spacial score (nSPS) is 12.2. The second-order valence-electron chi connectivity index (χ2n) is 3.08. The molecule has 4 nitrogen and oxygen atoms in total. The van der Waals surface area contributed by atoms with E-state index >= 15 is 0 Å². The molecule has 0 aromatic carbocycles. The fourth-order valence-corrected chi connectivity index (χ4v) is 0.947. The zero-order chi connectivity index (χ0) is 10.1. The minimum Gasteiger partial charge on any atom is -0.391 e. The number of nitrogens with one attached hydrogen (secondary N) is 2. The van der Waals surface area contributed by atoms with Gasteiger partial charge in [0.05, 0.1) is 6.10 Å². The Morgan fingerprint density at radius 3 is 2.54 bits per heavy atom. The highest BCUT2D eigenvalue weighted by Crippen LogP contribution is 1.93. The third kappa shape index (κ3) is 7.59. The van der Waals surface area contributed by atoms with E-state index in [0.29, 0.717) is 13.1 Å². The van der Waals surface area contributed by atoms with Crippen molar-refractivity contribution in [1.82, 2.24) is 10.6 Å². The van der Waals surface area contributed by atoms with Crippen LogP contribution in [0.3, 0.4) is 0 Å². The maximum atomic E-state index is 11.0. The Hall–Kier alpha value is -0.770. The van der Waals surface area contributed by atoms with Gasteiger partial charge in [0.2, 0.25) is 0 Å². The minimum absolute atomic E-state index is 0.197.